The SMILES string of the molecule is O=C(COCC1CCCO1)NCCc1nc2ccc(Cl)cc2[nH]1. The van der Waals surface area contributed by atoms with Crippen LogP contribution in [-0.2, 0) is 20.7 Å². The van der Waals surface area contributed by atoms with Gasteiger partial charge in [-0.1, -0.05) is 11.6 Å². The second-order valence-electron chi connectivity index (χ2n) is 5.60. The highest BCUT2D eigenvalue weighted by Crippen LogP contribution is 2.17. The van der Waals surface area contributed by atoms with Crippen molar-refractivity contribution in [2.24, 2.45) is 0 Å². The Kier molecular flexibility index (Phi) is 5.48. The maximum atomic E-state index is 11.7. The number of halogens is 1. The molecule has 2 N–H and O–H groups in total. The molecule has 0 saturated carbocycles. The molecular weight excluding hydrogens is 318 g/mol. The van der Waals surface area contributed by atoms with Gasteiger partial charge in [-0.3, -0.25) is 4.79 Å². The molecule has 2 heterocycles. The Hall–Kier alpha value is -1.63. The van der Waals surface area contributed by atoms with E-state index in [4.69, 9.17) is 21.1 Å². The molecule has 3 rings (SSSR count). The summed E-state index contributed by atoms with van der Waals surface area (Å²) in [7, 11) is 0. The van der Waals surface area contributed by atoms with Crippen molar-refractivity contribution < 1.29 is 14.3 Å². The molecule has 0 radical (unpaired) electrons. The fraction of sp³-hybridized carbons (Fsp3) is 0.500. The number of nitrogens with zero attached hydrogens (tertiary/aromatic N) is 1. The second kappa shape index (κ2) is 7.77. The number of fused-ring (bicyclic) bond motifs is 1. The van der Waals surface area contributed by atoms with Crippen LogP contribution in [0.15, 0.2) is 18.2 Å². The van der Waals surface area contributed by atoms with Gasteiger partial charge in [0.25, 0.3) is 0 Å². The predicted octanol–water partition coefficient (Wildman–Crippen LogP) is 2.07. The van der Waals surface area contributed by atoms with Crippen LogP contribution in [0.5, 0.6) is 0 Å². The van der Waals surface area contributed by atoms with Crippen molar-refractivity contribution in [1.82, 2.24) is 15.3 Å². The minimum Gasteiger partial charge on any atom is -0.376 e. The van der Waals surface area contributed by atoms with Crippen molar-refractivity contribution in [2.45, 2.75) is 25.4 Å². The first-order valence-corrected chi connectivity index (χ1v) is 8.19. The van der Waals surface area contributed by atoms with E-state index in [1.165, 1.54) is 0 Å². The molecule has 1 aliphatic heterocycles. The lowest BCUT2D eigenvalue weighted by Crippen LogP contribution is -2.30. The summed E-state index contributed by atoms with van der Waals surface area (Å²) in [6, 6.07) is 5.52. The summed E-state index contributed by atoms with van der Waals surface area (Å²) in [5, 5.41) is 3.49. The molecular formula is C16H20ClN3O3. The number of carbonyl (C=O) groups is 1. The van der Waals surface area contributed by atoms with E-state index in [-0.39, 0.29) is 18.6 Å². The third-order valence-corrected chi connectivity index (χ3v) is 3.97. The molecule has 0 bridgehead atoms. The zero-order valence-corrected chi connectivity index (χ0v) is 13.6. The third kappa shape index (κ3) is 4.67. The van der Waals surface area contributed by atoms with Crippen molar-refractivity contribution in [2.75, 3.05) is 26.4 Å². The largest absolute Gasteiger partial charge is 0.376 e. The number of amides is 1. The number of imidazole rings is 1. The van der Waals surface area contributed by atoms with E-state index >= 15 is 0 Å². The Balaban J connectivity index is 1.37. The first kappa shape index (κ1) is 16.2. The lowest BCUT2D eigenvalue weighted by atomic mass is 10.2. The highest BCUT2D eigenvalue weighted by molar-refractivity contribution is 6.31. The van der Waals surface area contributed by atoms with E-state index < -0.39 is 0 Å². The summed E-state index contributed by atoms with van der Waals surface area (Å²) < 4.78 is 10.8. The smallest absolute Gasteiger partial charge is 0.246 e. The maximum Gasteiger partial charge on any atom is 0.246 e. The van der Waals surface area contributed by atoms with Gasteiger partial charge in [-0.25, -0.2) is 4.98 Å². The van der Waals surface area contributed by atoms with Crippen molar-refractivity contribution in [3.8, 4) is 0 Å². The molecule has 7 heteroatoms. The van der Waals surface area contributed by atoms with Crippen LogP contribution >= 0.6 is 11.6 Å². The molecule has 0 aliphatic carbocycles. The van der Waals surface area contributed by atoms with Gasteiger partial charge in [0.15, 0.2) is 0 Å². The lowest BCUT2D eigenvalue weighted by Gasteiger charge is -2.10. The molecule has 0 spiro atoms. The molecule has 1 aromatic carbocycles. The molecule has 124 valence electrons. The minimum absolute atomic E-state index is 0.0651. The topological polar surface area (TPSA) is 76.2 Å². The van der Waals surface area contributed by atoms with E-state index in [0.717, 1.165) is 36.3 Å². The summed E-state index contributed by atoms with van der Waals surface area (Å²) in [6.45, 7) is 1.85. The molecule has 1 unspecified atom stereocenters. The number of benzene rings is 1. The Bertz CT molecular complexity index is 668. The average Bonchev–Trinajstić information content (AvgIpc) is 3.16. The molecule has 1 amide bonds. The first-order chi connectivity index (χ1) is 11.2. The second-order valence-corrected chi connectivity index (χ2v) is 6.03. The van der Waals surface area contributed by atoms with E-state index in [1.54, 1.807) is 0 Å². The van der Waals surface area contributed by atoms with Gasteiger partial charge in [0.05, 0.1) is 23.7 Å². The van der Waals surface area contributed by atoms with Gasteiger partial charge in [0, 0.05) is 24.6 Å². The molecule has 1 fully saturated rings. The Morgan fingerprint density at radius 2 is 2.43 bits per heavy atom. The fourth-order valence-corrected chi connectivity index (χ4v) is 2.76. The van der Waals surface area contributed by atoms with Crippen LogP contribution in [0.2, 0.25) is 5.02 Å². The van der Waals surface area contributed by atoms with Gasteiger partial charge in [-0.2, -0.15) is 0 Å². The van der Waals surface area contributed by atoms with Crippen molar-refractivity contribution in [1.29, 1.82) is 0 Å². The Labute approximate surface area is 139 Å². The highest BCUT2D eigenvalue weighted by Gasteiger charge is 2.15. The van der Waals surface area contributed by atoms with Crippen molar-refractivity contribution in [3.05, 3.63) is 29.0 Å². The molecule has 1 saturated heterocycles. The van der Waals surface area contributed by atoms with Gasteiger partial charge in [-0.05, 0) is 31.0 Å². The van der Waals surface area contributed by atoms with E-state index in [1.807, 2.05) is 18.2 Å². The monoisotopic (exact) mass is 337 g/mol. The number of ether oxygens (including phenoxy) is 2. The molecule has 23 heavy (non-hydrogen) atoms. The lowest BCUT2D eigenvalue weighted by molar-refractivity contribution is -0.126. The summed E-state index contributed by atoms with van der Waals surface area (Å²) >= 11 is 5.94. The number of aromatic nitrogens is 2. The minimum atomic E-state index is -0.123. The molecule has 1 atom stereocenters. The summed E-state index contributed by atoms with van der Waals surface area (Å²) in [5.74, 6) is 0.699. The average molecular weight is 338 g/mol. The van der Waals surface area contributed by atoms with Gasteiger partial charge in [0.1, 0.15) is 12.4 Å². The third-order valence-electron chi connectivity index (χ3n) is 3.74. The number of hydrogen-bond donors (Lipinski definition) is 2. The van der Waals surface area contributed by atoms with Gasteiger partial charge >= 0.3 is 0 Å². The number of aromatic amines is 1. The standard InChI is InChI=1S/C16H20ClN3O3/c17-11-3-4-13-14(8-11)20-15(19-13)5-6-18-16(21)10-22-9-12-2-1-7-23-12/h3-4,8,12H,1-2,5-7,9-10H2,(H,18,21)(H,19,20). The number of rotatable bonds is 7. The summed E-state index contributed by atoms with van der Waals surface area (Å²) in [4.78, 5) is 19.3. The normalized spacial score (nSPS) is 17.7. The predicted molar refractivity (Wildman–Crippen MR) is 87.6 cm³/mol. The zero-order valence-electron chi connectivity index (χ0n) is 12.8. The molecule has 2 aromatic rings. The number of carbonyl (C=O) groups excluding carboxylic acids is 1. The quantitative estimate of drug-likeness (QED) is 0.811. The van der Waals surface area contributed by atoms with Crippen LogP contribution in [-0.4, -0.2) is 48.3 Å². The van der Waals surface area contributed by atoms with E-state index in [2.05, 4.69) is 15.3 Å². The van der Waals surface area contributed by atoms with Crippen LogP contribution < -0.4 is 5.32 Å². The summed E-state index contributed by atoms with van der Waals surface area (Å²) in [6.07, 6.45) is 2.86. The van der Waals surface area contributed by atoms with Crippen LogP contribution in [0.1, 0.15) is 18.7 Å². The highest BCUT2D eigenvalue weighted by atomic mass is 35.5. The molecule has 1 aliphatic rings. The first-order valence-electron chi connectivity index (χ1n) is 7.81. The number of hydrogen-bond acceptors (Lipinski definition) is 4. The van der Waals surface area contributed by atoms with Crippen LogP contribution in [0.25, 0.3) is 11.0 Å². The van der Waals surface area contributed by atoms with Crippen LogP contribution in [0.3, 0.4) is 0 Å². The van der Waals surface area contributed by atoms with Crippen molar-refractivity contribution >= 4 is 28.5 Å². The molecule has 6 nitrogen and oxygen atoms in total. The van der Waals surface area contributed by atoms with Gasteiger partial charge in [0.2, 0.25) is 5.91 Å². The van der Waals surface area contributed by atoms with E-state index in [0.29, 0.717) is 24.6 Å². The van der Waals surface area contributed by atoms with E-state index in [9.17, 15) is 4.79 Å². The van der Waals surface area contributed by atoms with Crippen LogP contribution in [0, 0.1) is 0 Å². The number of H-pyrrole nitrogens is 1. The van der Waals surface area contributed by atoms with Crippen LogP contribution in [0.4, 0.5) is 0 Å². The summed E-state index contributed by atoms with van der Waals surface area (Å²) in [5.41, 5.74) is 1.77. The number of nitrogens with one attached hydrogen (secondary N) is 2. The Morgan fingerprint density at radius 1 is 1.52 bits per heavy atom. The van der Waals surface area contributed by atoms with Crippen molar-refractivity contribution in [3.63, 3.8) is 0 Å². The van der Waals surface area contributed by atoms with Gasteiger partial charge < -0.3 is 19.8 Å². The zero-order chi connectivity index (χ0) is 16.1. The fourth-order valence-electron chi connectivity index (χ4n) is 2.58. The van der Waals surface area contributed by atoms with Gasteiger partial charge in [-0.15, -0.1) is 0 Å². The Morgan fingerprint density at radius 3 is 3.26 bits per heavy atom. The maximum absolute atomic E-state index is 11.7. The molecule has 1 aromatic heterocycles.